The summed E-state index contributed by atoms with van der Waals surface area (Å²) in [6, 6.07) is 11.8. The molecule has 8 heteroatoms. The third kappa shape index (κ3) is 5.19. The molecule has 0 atom stereocenters. The second kappa shape index (κ2) is 9.01. The van der Waals surface area contributed by atoms with Crippen LogP contribution < -0.4 is 10.1 Å². The number of nitrogens with one attached hydrogen (secondary N) is 1. The summed E-state index contributed by atoms with van der Waals surface area (Å²) in [6.07, 6.45) is 0. The van der Waals surface area contributed by atoms with Gasteiger partial charge in [0.25, 0.3) is 5.91 Å². The van der Waals surface area contributed by atoms with Gasteiger partial charge >= 0.3 is 5.97 Å². The summed E-state index contributed by atoms with van der Waals surface area (Å²) in [5.74, 6) is -0.702. The first-order valence-electron chi connectivity index (χ1n) is 8.80. The molecule has 0 fully saturated rings. The lowest BCUT2D eigenvalue weighted by Gasteiger charge is -2.11. The molecule has 1 aromatic heterocycles. The van der Waals surface area contributed by atoms with Gasteiger partial charge < -0.3 is 19.3 Å². The molecule has 1 N–H and O–H groups in total. The van der Waals surface area contributed by atoms with Gasteiger partial charge in [-0.1, -0.05) is 17.3 Å². The maximum Gasteiger partial charge on any atom is 0.342 e. The van der Waals surface area contributed by atoms with Crippen LogP contribution in [0.25, 0.3) is 0 Å². The van der Waals surface area contributed by atoms with Crippen molar-refractivity contribution in [1.29, 1.82) is 0 Å². The van der Waals surface area contributed by atoms with E-state index in [0.29, 0.717) is 22.9 Å². The van der Waals surface area contributed by atoms with E-state index in [9.17, 15) is 14.0 Å². The molecule has 7 nitrogen and oxygen atoms in total. The third-order valence-electron chi connectivity index (χ3n) is 4.12. The second-order valence-corrected chi connectivity index (χ2v) is 6.22. The van der Waals surface area contributed by atoms with Crippen LogP contribution in [-0.2, 0) is 16.1 Å². The number of hydrogen-bond acceptors (Lipinski definition) is 6. The summed E-state index contributed by atoms with van der Waals surface area (Å²) in [5, 5.41) is 6.38. The van der Waals surface area contributed by atoms with Gasteiger partial charge in [-0.3, -0.25) is 4.79 Å². The number of para-hydroxylation sites is 1. The summed E-state index contributed by atoms with van der Waals surface area (Å²) in [7, 11) is 0. The number of carbonyl (C=O) groups excluding carboxylic acids is 2. The second-order valence-electron chi connectivity index (χ2n) is 6.22. The first-order valence-corrected chi connectivity index (χ1v) is 8.80. The number of esters is 1. The van der Waals surface area contributed by atoms with Crippen LogP contribution in [0.4, 0.5) is 10.1 Å². The highest BCUT2D eigenvalue weighted by atomic mass is 19.1. The summed E-state index contributed by atoms with van der Waals surface area (Å²) in [6.45, 7) is 3.26. The monoisotopic (exact) mass is 398 g/mol. The molecule has 150 valence electrons. The highest BCUT2D eigenvalue weighted by Crippen LogP contribution is 2.22. The third-order valence-corrected chi connectivity index (χ3v) is 4.12. The van der Waals surface area contributed by atoms with Crippen molar-refractivity contribution in [2.24, 2.45) is 0 Å². The van der Waals surface area contributed by atoms with Crippen molar-refractivity contribution < 1.29 is 28.0 Å². The van der Waals surface area contributed by atoms with Gasteiger partial charge in [-0.15, -0.1) is 0 Å². The average Bonchev–Trinajstić information content (AvgIpc) is 3.04. The largest absolute Gasteiger partial charge is 0.488 e. The van der Waals surface area contributed by atoms with Crippen molar-refractivity contribution in [3.05, 3.63) is 76.9 Å². The lowest BCUT2D eigenvalue weighted by molar-refractivity contribution is -0.119. The van der Waals surface area contributed by atoms with Gasteiger partial charge in [0.15, 0.2) is 6.61 Å². The van der Waals surface area contributed by atoms with Gasteiger partial charge in [0.1, 0.15) is 29.5 Å². The number of amides is 1. The number of rotatable bonds is 7. The zero-order valence-electron chi connectivity index (χ0n) is 15.9. The van der Waals surface area contributed by atoms with Gasteiger partial charge in [-0.05, 0) is 50.2 Å². The summed E-state index contributed by atoms with van der Waals surface area (Å²) < 4.78 is 28.8. The van der Waals surface area contributed by atoms with E-state index in [1.165, 1.54) is 24.3 Å². The minimum atomic E-state index is -0.700. The molecule has 1 heterocycles. The van der Waals surface area contributed by atoms with Crippen LogP contribution in [0.3, 0.4) is 0 Å². The quantitative estimate of drug-likeness (QED) is 0.609. The van der Waals surface area contributed by atoms with Gasteiger partial charge in [-0.25, -0.2) is 9.18 Å². The van der Waals surface area contributed by atoms with Gasteiger partial charge in [0.2, 0.25) is 0 Å². The Morgan fingerprint density at radius 3 is 2.52 bits per heavy atom. The number of aromatic nitrogens is 1. The fraction of sp³-hybridized carbons (Fsp3) is 0.190. The Morgan fingerprint density at radius 1 is 1.10 bits per heavy atom. The number of nitrogens with zero attached hydrogens (tertiary/aromatic N) is 1. The standard InChI is InChI=1S/C21H19FN2O5/c1-13-18(14(2)29-24-13)11-27-19-6-4-3-5-17(19)21(26)28-12-20(25)23-16-9-7-15(22)8-10-16/h3-10H,11-12H2,1-2H3,(H,23,25). The number of carbonyl (C=O) groups is 2. The Morgan fingerprint density at radius 2 is 1.83 bits per heavy atom. The number of hydrogen-bond donors (Lipinski definition) is 1. The number of benzene rings is 2. The van der Waals surface area contributed by atoms with Crippen LogP contribution in [0, 0.1) is 19.7 Å². The number of halogens is 1. The molecule has 29 heavy (non-hydrogen) atoms. The molecule has 0 radical (unpaired) electrons. The van der Waals surface area contributed by atoms with E-state index in [0.717, 1.165) is 5.56 Å². The summed E-state index contributed by atoms with van der Waals surface area (Å²) in [5.41, 5.74) is 2.09. The molecule has 0 aliphatic heterocycles. The highest BCUT2D eigenvalue weighted by Gasteiger charge is 2.17. The molecule has 3 rings (SSSR count). The van der Waals surface area contributed by atoms with E-state index in [1.54, 1.807) is 38.1 Å². The van der Waals surface area contributed by atoms with E-state index in [4.69, 9.17) is 14.0 Å². The molecule has 0 spiro atoms. The molecule has 0 aliphatic carbocycles. The Labute approximate surface area is 166 Å². The van der Waals surface area contributed by atoms with E-state index in [-0.39, 0.29) is 12.2 Å². The van der Waals surface area contributed by atoms with Gasteiger partial charge in [0.05, 0.1) is 11.3 Å². The minimum absolute atomic E-state index is 0.177. The lowest BCUT2D eigenvalue weighted by atomic mass is 10.2. The molecule has 0 saturated heterocycles. The summed E-state index contributed by atoms with van der Waals surface area (Å²) in [4.78, 5) is 24.3. The molecule has 1 amide bonds. The lowest BCUT2D eigenvalue weighted by Crippen LogP contribution is -2.21. The van der Waals surface area contributed by atoms with Crippen LogP contribution in [0.5, 0.6) is 5.75 Å². The fourth-order valence-electron chi connectivity index (χ4n) is 2.56. The molecule has 0 unspecified atom stereocenters. The van der Waals surface area contributed by atoms with Crippen LogP contribution in [0.1, 0.15) is 27.4 Å². The fourth-order valence-corrected chi connectivity index (χ4v) is 2.56. The molecule has 0 aliphatic rings. The highest BCUT2D eigenvalue weighted by molar-refractivity contribution is 5.96. The maximum absolute atomic E-state index is 12.9. The Balaban J connectivity index is 1.59. The van der Waals surface area contributed by atoms with Crippen molar-refractivity contribution in [1.82, 2.24) is 5.16 Å². The smallest absolute Gasteiger partial charge is 0.342 e. The number of anilines is 1. The van der Waals surface area contributed by atoms with Crippen molar-refractivity contribution >= 4 is 17.6 Å². The predicted molar refractivity (Wildman–Crippen MR) is 102 cm³/mol. The maximum atomic E-state index is 12.9. The van der Waals surface area contributed by atoms with Crippen LogP contribution in [-0.4, -0.2) is 23.6 Å². The van der Waals surface area contributed by atoms with Crippen LogP contribution >= 0.6 is 0 Å². The number of ether oxygens (including phenoxy) is 2. The summed E-state index contributed by atoms with van der Waals surface area (Å²) >= 11 is 0. The van der Waals surface area contributed by atoms with Crippen LogP contribution in [0.2, 0.25) is 0 Å². The van der Waals surface area contributed by atoms with Crippen molar-refractivity contribution in [3.63, 3.8) is 0 Å². The van der Waals surface area contributed by atoms with Crippen molar-refractivity contribution in [2.45, 2.75) is 20.5 Å². The van der Waals surface area contributed by atoms with Crippen LogP contribution in [0.15, 0.2) is 53.1 Å². The SMILES string of the molecule is Cc1noc(C)c1COc1ccccc1C(=O)OCC(=O)Nc1ccc(F)cc1. The minimum Gasteiger partial charge on any atom is -0.488 e. The molecule has 0 saturated carbocycles. The molecule has 3 aromatic rings. The average molecular weight is 398 g/mol. The van der Waals surface area contributed by atoms with E-state index in [1.807, 2.05) is 0 Å². The Kier molecular flexibility index (Phi) is 6.23. The zero-order chi connectivity index (χ0) is 20.8. The van der Waals surface area contributed by atoms with E-state index >= 15 is 0 Å². The Bertz CT molecular complexity index is 995. The molecular formula is C21H19FN2O5. The first-order chi connectivity index (χ1) is 13.9. The van der Waals surface area contributed by atoms with Gasteiger partial charge in [0, 0.05) is 5.69 Å². The Hall–Kier alpha value is -3.68. The molecule has 2 aromatic carbocycles. The molecule has 0 bridgehead atoms. The molecular weight excluding hydrogens is 379 g/mol. The van der Waals surface area contributed by atoms with Crippen molar-refractivity contribution in [2.75, 3.05) is 11.9 Å². The normalized spacial score (nSPS) is 10.4. The van der Waals surface area contributed by atoms with E-state index in [2.05, 4.69) is 10.5 Å². The first kappa shape index (κ1) is 20.1. The van der Waals surface area contributed by atoms with Crippen molar-refractivity contribution in [3.8, 4) is 5.75 Å². The predicted octanol–water partition coefficient (Wildman–Crippen LogP) is 3.81. The number of aryl methyl sites for hydroxylation is 2. The van der Waals surface area contributed by atoms with Gasteiger partial charge in [-0.2, -0.15) is 0 Å². The van der Waals surface area contributed by atoms with E-state index < -0.39 is 24.3 Å². The zero-order valence-corrected chi connectivity index (χ0v) is 15.9. The topological polar surface area (TPSA) is 90.7 Å².